The molecule has 0 bridgehead atoms. The Hall–Kier alpha value is -0.870. The minimum Gasteiger partial charge on any atom is -0.0835 e. The lowest BCUT2D eigenvalue weighted by atomic mass is 10.2. The van der Waals surface area contributed by atoms with Crippen LogP contribution < -0.4 is 5.30 Å². The standard InChI is InChI=1S/C22H35P/c1-3-5-7-9-11-16-20-23(22-18-14-13-15-19-22)21-17-12-10-8-6-4-2/h13-21H,3-12H2,1-2H3/b20-16+,21-17+. The molecule has 0 fully saturated rings. The third kappa shape index (κ3) is 10.5. The summed E-state index contributed by atoms with van der Waals surface area (Å²) in [5.74, 6) is 4.91. The van der Waals surface area contributed by atoms with Gasteiger partial charge in [0.15, 0.2) is 0 Å². The predicted octanol–water partition coefficient (Wildman–Crippen LogP) is 7.76. The van der Waals surface area contributed by atoms with Crippen molar-refractivity contribution in [1.82, 2.24) is 0 Å². The van der Waals surface area contributed by atoms with E-state index in [2.05, 4.69) is 68.0 Å². The lowest BCUT2D eigenvalue weighted by Crippen LogP contribution is -1.95. The second-order valence-corrected chi connectivity index (χ2v) is 8.14. The Morgan fingerprint density at radius 1 is 0.696 bits per heavy atom. The van der Waals surface area contributed by atoms with E-state index in [1.807, 2.05) is 0 Å². The van der Waals surface area contributed by atoms with E-state index in [-0.39, 0.29) is 7.92 Å². The van der Waals surface area contributed by atoms with Crippen molar-refractivity contribution in [1.29, 1.82) is 0 Å². The molecule has 0 aliphatic rings. The lowest BCUT2D eigenvalue weighted by Gasteiger charge is -2.09. The first-order valence-corrected chi connectivity index (χ1v) is 11.0. The van der Waals surface area contributed by atoms with Crippen molar-refractivity contribution < 1.29 is 0 Å². The normalized spacial score (nSPS) is 12.0. The van der Waals surface area contributed by atoms with Crippen molar-refractivity contribution in [2.45, 2.75) is 78.1 Å². The highest BCUT2D eigenvalue weighted by Crippen LogP contribution is 2.38. The quantitative estimate of drug-likeness (QED) is 0.256. The van der Waals surface area contributed by atoms with Crippen molar-refractivity contribution in [3.63, 3.8) is 0 Å². The fraction of sp³-hybridized carbons (Fsp3) is 0.545. The summed E-state index contributed by atoms with van der Waals surface area (Å²) in [6.07, 6.45) is 18.1. The second-order valence-electron chi connectivity index (χ2n) is 6.21. The molecule has 0 aromatic heterocycles. The molecule has 1 aromatic carbocycles. The lowest BCUT2D eigenvalue weighted by molar-refractivity contribution is 0.674. The van der Waals surface area contributed by atoms with Gasteiger partial charge in [-0.25, -0.2) is 0 Å². The monoisotopic (exact) mass is 330 g/mol. The van der Waals surface area contributed by atoms with Crippen LogP contribution in [0.4, 0.5) is 0 Å². The zero-order chi connectivity index (χ0) is 16.6. The summed E-state index contributed by atoms with van der Waals surface area (Å²) in [4.78, 5) is 0. The van der Waals surface area contributed by atoms with E-state index in [1.165, 1.54) is 69.5 Å². The van der Waals surface area contributed by atoms with Crippen LogP contribution in [0.25, 0.3) is 0 Å². The largest absolute Gasteiger partial charge is 0.0835 e. The molecule has 0 amide bonds. The molecular weight excluding hydrogens is 295 g/mol. The van der Waals surface area contributed by atoms with Crippen LogP contribution in [-0.2, 0) is 0 Å². The summed E-state index contributed by atoms with van der Waals surface area (Å²) in [5, 5.41) is 1.47. The third-order valence-corrected chi connectivity index (χ3v) is 5.99. The first-order chi connectivity index (χ1) is 11.4. The topological polar surface area (TPSA) is 0 Å². The fourth-order valence-electron chi connectivity index (χ4n) is 2.58. The first kappa shape index (κ1) is 20.2. The van der Waals surface area contributed by atoms with Crippen LogP contribution >= 0.6 is 7.92 Å². The van der Waals surface area contributed by atoms with Gasteiger partial charge in [0.2, 0.25) is 0 Å². The van der Waals surface area contributed by atoms with E-state index in [0.717, 1.165) is 0 Å². The summed E-state index contributed by atoms with van der Waals surface area (Å²) in [5.41, 5.74) is 0. The summed E-state index contributed by atoms with van der Waals surface area (Å²) >= 11 is 0. The van der Waals surface area contributed by atoms with E-state index in [9.17, 15) is 0 Å². The Morgan fingerprint density at radius 2 is 1.22 bits per heavy atom. The third-order valence-electron chi connectivity index (χ3n) is 4.04. The molecule has 0 aliphatic heterocycles. The summed E-state index contributed by atoms with van der Waals surface area (Å²) < 4.78 is 0. The number of rotatable bonds is 13. The molecule has 0 aliphatic carbocycles. The zero-order valence-electron chi connectivity index (χ0n) is 15.2. The predicted molar refractivity (Wildman–Crippen MR) is 109 cm³/mol. The molecule has 0 heterocycles. The molecule has 0 saturated heterocycles. The molecule has 0 N–H and O–H groups in total. The number of unbranched alkanes of at least 4 members (excludes halogenated alkanes) is 8. The van der Waals surface area contributed by atoms with Crippen LogP contribution in [0, 0.1) is 0 Å². The average Bonchev–Trinajstić information content (AvgIpc) is 2.60. The molecule has 1 heteroatoms. The van der Waals surface area contributed by atoms with Gasteiger partial charge < -0.3 is 0 Å². The van der Waals surface area contributed by atoms with Crippen LogP contribution in [0.1, 0.15) is 78.1 Å². The van der Waals surface area contributed by atoms with Gasteiger partial charge in [0.05, 0.1) is 0 Å². The Labute approximate surface area is 145 Å². The van der Waals surface area contributed by atoms with Crippen LogP contribution in [-0.4, -0.2) is 0 Å². The van der Waals surface area contributed by atoms with Crippen LogP contribution in [0.5, 0.6) is 0 Å². The maximum atomic E-state index is 2.46. The Kier molecular flexibility index (Phi) is 12.9. The van der Waals surface area contributed by atoms with Crippen molar-refractivity contribution >= 4 is 13.2 Å². The number of hydrogen-bond acceptors (Lipinski definition) is 0. The molecule has 0 nitrogen and oxygen atoms in total. The number of benzene rings is 1. The molecule has 0 saturated carbocycles. The average molecular weight is 330 g/mol. The van der Waals surface area contributed by atoms with Crippen LogP contribution in [0.2, 0.25) is 0 Å². The Balaban J connectivity index is 2.46. The summed E-state index contributed by atoms with van der Waals surface area (Å²) in [7, 11) is -0.266. The maximum Gasteiger partial charge on any atom is -0.0162 e. The van der Waals surface area contributed by atoms with Gasteiger partial charge in [0.25, 0.3) is 0 Å². The zero-order valence-corrected chi connectivity index (χ0v) is 16.1. The molecule has 0 spiro atoms. The molecular formula is C22H35P. The van der Waals surface area contributed by atoms with Gasteiger partial charge in [0.1, 0.15) is 0 Å². The van der Waals surface area contributed by atoms with Gasteiger partial charge in [-0.05, 0) is 38.9 Å². The second kappa shape index (κ2) is 14.7. The van der Waals surface area contributed by atoms with Gasteiger partial charge in [-0.1, -0.05) is 106 Å². The Bertz CT molecular complexity index is 397. The molecule has 0 atom stereocenters. The van der Waals surface area contributed by atoms with Gasteiger partial charge in [-0.3, -0.25) is 0 Å². The van der Waals surface area contributed by atoms with Gasteiger partial charge in [-0.15, -0.1) is 0 Å². The van der Waals surface area contributed by atoms with Crippen LogP contribution in [0.3, 0.4) is 0 Å². The smallest absolute Gasteiger partial charge is 0.0162 e. The summed E-state index contributed by atoms with van der Waals surface area (Å²) in [6.45, 7) is 4.55. The first-order valence-electron chi connectivity index (χ1n) is 9.55. The van der Waals surface area contributed by atoms with E-state index in [1.54, 1.807) is 0 Å². The SMILES string of the molecule is CCCCCC/C=C/P(/C=C/CCCCCC)c1ccccc1. The maximum absolute atomic E-state index is 2.46. The number of allylic oxidation sites excluding steroid dienone is 2. The van der Waals surface area contributed by atoms with E-state index >= 15 is 0 Å². The van der Waals surface area contributed by atoms with Crippen molar-refractivity contribution in [2.75, 3.05) is 0 Å². The summed E-state index contributed by atoms with van der Waals surface area (Å²) in [6, 6.07) is 11.0. The Morgan fingerprint density at radius 3 is 1.70 bits per heavy atom. The van der Waals surface area contributed by atoms with E-state index in [4.69, 9.17) is 0 Å². The van der Waals surface area contributed by atoms with Crippen LogP contribution in [0.15, 0.2) is 54.1 Å². The van der Waals surface area contributed by atoms with E-state index in [0.29, 0.717) is 0 Å². The molecule has 1 aromatic rings. The van der Waals surface area contributed by atoms with Gasteiger partial charge >= 0.3 is 0 Å². The molecule has 0 unspecified atom stereocenters. The van der Waals surface area contributed by atoms with Gasteiger partial charge in [0, 0.05) is 0 Å². The fourth-order valence-corrected chi connectivity index (χ4v) is 4.29. The number of hydrogen-bond donors (Lipinski definition) is 0. The minimum atomic E-state index is -0.266. The highest BCUT2D eigenvalue weighted by Gasteiger charge is 2.02. The highest BCUT2D eigenvalue weighted by atomic mass is 31.1. The van der Waals surface area contributed by atoms with Gasteiger partial charge in [-0.2, -0.15) is 0 Å². The minimum absolute atomic E-state index is 0.266. The van der Waals surface area contributed by atoms with Crippen molar-refractivity contribution in [3.05, 3.63) is 54.1 Å². The molecule has 23 heavy (non-hydrogen) atoms. The van der Waals surface area contributed by atoms with Crippen molar-refractivity contribution in [2.24, 2.45) is 0 Å². The highest BCUT2D eigenvalue weighted by molar-refractivity contribution is 7.71. The van der Waals surface area contributed by atoms with E-state index < -0.39 is 0 Å². The molecule has 1 rings (SSSR count). The molecule has 0 radical (unpaired) electrons. The van der Waals surface area contributed by atoms with Crippen molar-refractivity contribution in [3.8, 4) is 0 Å². The molecule has 128 valence electrons.